The van der Waals surface area contributed by atoms with Crippen molar-refractivity contribution in [3.8, 4) is 0 Å². The Balaban J connectivity index is 1.62. The van der Waals surface area contributed by atoms with Crippen molar-refractivity contribution in [1.82, 2.24) is 14.8 Å². The first-order valence-electron chi connectivity index (χ1n) is 13.3. The molecular weight excluding hydrogens is 595 g/mol. The zero-order valence-corrected chi connectivity index (χ0v) is 24.9. The number of amides is 2. The number of nitrogens with zero attached hydrogens (tertiary/aromatic N) is 2. The van der Waals surface area contributed by atoms with Crippen molar-refractivity contribution < 1.29 is 41.5 Å². The molecule has 14 heteroatoms. The number of esters is 1. The van der Waals surface area contributed by atoms with E-state index in [1.54, 1.807) is 19.9 Å². The molecule has 4 rings (SSSR count). The minimum absolute atomic E-state index is 0.101. The molecule has 2 aromatic carbocycles. The first-order valence-corrected chi connectivity index (χ1v) is 15.2. The maximum Gasteiger partial charge on any atom is 0.361 e. The van der Waals surface area contributed by atoms with Crippen molar-refractivity contribution in [3.05, 3.63) is 64.6 Å². The maximum absolute atomic E-state index is 14.5. The number of carbonyl (C=O) groups is 3. The lowest BCUT2D eigenvalue weighted by molar-refractivity contribution is -0.139. The smallest absolute Gasteiger partial charge is 0.361 e. The third kappa shape index (κ3) is 6.52. The summed E-state index contributed by atoms with van der Waals surface area (Å²) in [5.41, 5.74) is 0.649. The Morgan fingerprint density at radius 1 is 1.14 bits per heavy atom. The van der Waals surface area contributed by atoms with Crippen LogP contribution in [-0.2, 0) is 41.0 Å². The molecule has 0 radical (unpaired) electrons. The van der Waals surface area contributed by atoms with Gasteiger partial charge in [-0.1, -0.05) is 29.8 Å². The summed E-state index contributed by atoms with van der Waals surface area (Å²) < 4.78 is 59.4. The number of alkyl halides is 1. The van der Waals surface area contributed by atoms with Crippen LogP contribution in [0.3, 0.4) is 0 Å². The summed E-state index contributed by atoms with van der Waals surface area (Å²) in [5.74, 6) is -2.58. The number of hydrogen-bond donors (Lipinski definition) is 1. The Labute approximate surface area is 246 Å². The SMILES string of the molecule is CCOP(=O)(OCC)c1ccc2c(C(=O)OC)cn(CC(=O)N3C[C@H](F)C[C@H]3C(=O)NCc3cccc(Cl)c3F)c2c1. The minimum Gasteiger partial charge on any atom is -0.465 e. The quantitative estimate of drug-likeness (QED) is 0.249. The lowest BCUT2D eigenvalue weighted by atomic mass is 10.1. The van der Waals surface area contributed by atoms with Crippen LogP contribution in [0.15, 0.2) is 42.6 Å². The molecule has 226 valence electrons. The third-order valence-corrected chi connectivity index (χ3v) is 9.25. The van der Waals surface area contributed by atoms with Gasteiger partial charge in [-0.3, -0.25) is 14.2 Å². The molecular formula is C28H31ClF2N3O7P. The topological polar surface area (TPSA) is 116 Å². The number of halogens is 3. The Morgan fingerprint density at radius 2 is 1.86 bits per heavy atom. The molecule has 3 aromatic rings. The van der Waals surface area contributed by atoms with Crippen molar-refractivity contribution in [2.45, 2.75) is 45.6 Å². The molecule has 1 fully saturated rings. The second kappa shape index (κ2) is 13.3. The van der Waals surface area contributed by atoms with E-state index in [0.29, 0.717) is 10.9 Å². The fraction of sp³-hybridized carbons (Fsp3) is 0.393. The Bertz CT molecular complexity index is 1540. The predicted molar refractivity (Wildman–Crippen MR) is 152 cm³/mol. The number of benzene rings is 2. The number of methoxy groups -OCH3 is 1. The predicted octanol–water partition coefficient (Wildman–Crippen LogP) is 4.37. The number of hydrogen-bond acceptors (Lipinski definition) is 7. The molecule has 0 saturated carbocycles. The monoisotopic (exact) mass is 625 g/mol. The summed E-state index contributed by atoms with van der Waals surface area (Å²) in [6.45, 7) is 2.70. The number of fused-ring (bicyclic) bond motifs is 1. The summed E-state index contributed by atoms with van der Waals surface area (Å²) in [7, 11) is -2.49. The number of rotatable bonds is 11. The summed E-state index contributed by atoms with van der Waals surface area (Å²) >= 11 is 5.80. The Hall–Kier alpha value is -3.31. The van der Waals surface area contributed by atoms with E-state index < -0.39 is 43.4 Å². The first kappa shape index (κ1) is 31.6. The van der Waals surface area contributed by atoms with E-state index in [4.69, 9.17) is 25.4 Å². The number of nitrogens with one attached hydrogen (secondary N) is 1. The molecule has 42 heavy (non-hydrogen) atoms. The van der Waals surface area contributed by atoms with Gasteiger partial charge in [0.25, 0.3) is 0 Å². The van der Waals surface area contributed by atoms with Gasteiger partial charge >= 0.3 is 13.6 Å². The van der Waals surface area contributed by atoms with E-state index >= 15 is 0 Å². The minimum atomic E-state index is -3.71. The van der Waals surface area contributed by atoms with Gasteiger partial charge in [0.05, 0.1) is 48.3 Å². The molecule has 0 aliphatic carbocycles. The van der Waals surface area contributed by atoms with Crippen LogP contribution >= 0.6 is 19.2 Å². The van der Waals surface area contributed by atoms with Crippen molar-refractivity contribution in [2.24, 2.45) is 0 Å². The van der Waals surface area contributed by atoms with Crippen LogP contribution in [0, 0.1) is 5.82 Å². The van der Waals surface area contributed by atoms with E-state index in [1.165, 1.54) is 48.2 Å². The molecule has 1 saturated heterocycles. The van der Waals surface area contributed by atoms with Crippen molar-refractivity contribution in [3.63, 3.8) is 0 Å². The number of likely N-dealkylation sites (tertiary alicyclic amines) is 1. The van der Waals surface area contributed by atoms with Crippen LogP contribution in [0.5, 0.6) is 0 Å². The number of aromatic nitrogens is 1. The second-order valence-corrected chi connectivity index (χ2v) is 12.0. The third-order valence-electron chi connectivity index (χ3n) is 6.85. The molecule has 1 N–H and O–H groups in total. The van der Waals surface area contributed by atoms with Gasteiger partial charge in [-0.15, -0.1) is 0 Å². The number of ether oxygens (including phenoxy) is 1. The van der Waals surface area contributed by atoms with Gasteiger partial charge in [0.15, 0.2) is 0 Å². The van der Waals surface area contributed by atoms with Gasteiger partial charge in [-0.25, -0.2) is 13.6 Å². The lowest BCUT2D eigenvalue weighted by Gasteiger charge is -2.24. The molecule has 1 aromatic heterocycles. The Kier molecular flexibility index (Phi) is 10.0. The zero-order chi connectivity index (χ0) is 30.6. The largest absolute Gasteiger partial charge is 0.465 e. The van der Waals surface area contributed by atoms with Crippen LogP contribution in [0.2, 0.25) is 5.02 Å². The molecule has 0 bridgehead atoms. The average molecular weight is 626 g/mol. The fourth-order valence-electron chi connectivity index (χ4n) is 4.91. The van der Waals surface area contributed by atoms with E-state index in [2.05, 4.69) is 5.32 Å². The highest BCUT2D eigenvalue weighted by Crippen LogP contribution is 2.47. The van der Waals surface area contributed by atoms with E-state index in [9.17, 15) is 27.7 Å². The highest BCUT2D eigenvalue weighted by molar-refractivity contribution is 7.62. The van der Waals surface area contributed by atoms with Crippen LogP contribution in [0.25, 0.3) is 10.9 Å². The summed E-state index contributed by atoms with van der Waals surface area (Å²) in [6.07, 6.45) is -0.273. The van der Waals surface area contributed by atoms with Gasteiger partial charge < -0.3 is 28.6 Å². The van der Waals surface area contributed by atoms with Gasteiger partial charge in [0, 0.05) is 30.1 Å². The number of carbonyl (C=O) groups excluding carboxylic acids is 3. The summed E-state index contributed by atoms with van der Waals surface area (Å²) in [4.78, 5) is 40.1. The molecule has 0 spiro atoms. The summed E-state index contributed by atoms with van der Waals surface area (Å²) in [6, 6.07) is 7.81. The van der Waals surface area contributed by atoms with Crippen LogP contribution < -0.4 is 10.6 Å². The van der Waals surface area contributed by atoms with E-state index in [0.717, 1.165) is 4.90 Å². The maximum atomic E-state index is 14.5. The van der Waals surface area contributed by atoms with Gasteiger partial charge in [0.1, 0.15) is 24.6 Å². The normalized spacial score (nSPS) is 17.0. The molecule has 0 unspecified atom stereocenters. The van der Waals surface area contributed by atoms with E-state index in [-0.39, 0.29) is 60.7 Å². The molecule has 2 heterocycles. The van der Waals surface area contributed by atoms with Gasteiger partial charge in [-0.2, -0.15) is 0 Å². The first-order chi connectivity index (χ1) is 20.0. The molecule has 1 aliphatic rings. The lowest BCUT2D eigenvalue weighted by Crippen LogP contribution is -2.46. The molecule has 2 amide bonds. The van der Waals surface area contributed by atoms with Crippen LogP contribution in [0.1, 0.15) is 36.2 Å². The molecule has 2 atom stereocenters. The van der Waals surface area contributed by atoms with Crippen LogP contribution in [0.4, 0.5) is 8.78 Å². The van der Waals surface area contributed by atoms with Gasteiger partial charge in [-0.05, 0) is 32.0 Å². The fourth-order valence-corrected chi connectivity index (χ4v) is 6.70. The molecule has 10 nitrogen and oxygen atoms in total. The van der Waals surface area contributed by atoms with Crippen molar-refractivity contribution in [2.75, 3.05) is 26.9 Å². The zero-order valence-electron chi connectivity index (χ0n) is 23.3. The van der Waals surface area contributed by atoms with Crippen molar-refractivity contribution >= 4 is 53.2 Å². The average Bonchev–Trinajstić information content (AvgIpc) is 3.54. The highest BCUT2D eigenvalue weighted by Gasteiger charge is 2.40. The summed E-state index contributed by atoms with van der Waals surface area (Å²) in [5, 5.41) is 3.09. The van der Waals surface area contributed by atoms with E-state index in [1.807, 2.05) is 0 Å². The molecule has 1 aliphatic heterocycles. The second-order valence-electron chi connectivity index (χ2n) is 9.52. The highest BCUT2D eigenvalue weighted by atomic mass is 35.5. The van der Waals surface area contributed by atoms with Crippen molar-refractivity contribution in [1.29, 1.82) is 0 Å². The van der Waals surface area contributed by atoms with Gasteiger partial charge in [0.2, 0.25) is 11.8 Å². The van der Waals surface area contributed by atoms with Crippen LogP contribution in [-0.4, -0.2) is 66.3 Å². The standard InChI is InChI=1S/C28H31ClF2N3O7P/c1-4-40-42(38,41-5-2)19-9-10-20-21(28(37)39-3)15-33(23(20)12-19)16-25(35)34-14-18(30)11-24(34)27(36)32-13-17-7-6-8-22(29)26(17)31/h6-10,12,15,18,24H,4-5,11,13-14,16H2,1-3H3,(H,32,36)/t18-,24+/m1/s1. The Morgan fingerprint density at radius 3 is 2.52 bits per heavy atom.